The fourth-order valence-electron chi connectivity index (χ4n) is 3.27. The number of rotatable bonds is 7. The number of likely N-dealkylation sites (tertiary alicyclic amines) is 1. The number of benzene rings is 1. The average Bonchev–Trinajstić information content (AvgIpc) is 3.11. The van der Waals surface area contributed by atoms with Gasteiger partial charge in [0, 0.05) is 26.2 Å². The molecule has 2 rings (SSSR count). The predicted molar refractivity (Wildman–Crippen MR) is 132 cm³/mol. The first kappa shape index (κ1) is 26.3. The van der Waals surface area contributed by atoms with Gasteiger partial charge in [0.05, 0.1) is 13.2 Å². The number of nitrogens with one attached hydrogen (secondary N) is 2. The van der Waals surface area contributed by atoms with E-state index < -0.39 is 5.60 Å². The molecule has 2 N–H and O–H groups in total. The molecule has 0 aliphatic carbocycles. The number of aryl methyl sites for hydroxylation is 1. The third-order valence-electron chi connectivity index (χ3n) is 4.56. The number of carbonyl (C=O) groups is 1. The van der Waals surface area contributed by atoms with Crippen LogP contribution in [0.1, 0.15) is 46.1 Å². The van der Waals surface area contributed by atoms with Gasteiger partial charge in [-0.2, -0.15) is 0 Å². The van der Waals surface area contributed by atoms with Crippen LogP contribution in [-0.4, -0.2) is 61.9 Å². The summed E-state index contributed by atoms with van der Waals surface area (Å²) in [7, 11) is 1.69. The molecule has 1 heterocycles. The fourth-order valence-corrected chi connectivity index (χ4v) is 3.27. The third-order valence-corrected chi connectivity index (χ3v) is 4.56. The number of amides is 1. The first-order valence-electron chi connectivity index (χ1n) is 10.5. The molecule has 1 aliphatic heterocycles. The molecule has 30 heavy (non-hydrogen) atoms. The fraction of sp³-hybridized carbons (Fsp3) is 0.636. The lowest BCUT2D eigenvalue weighted by Gasteiger charge is -2.23. The van der Waals surface area contributed by atoms with Crippen molar-refractivity contribution in [2.75, 3.05) is 33.3 Å². The highest BCUT2D eigenvalue weighted by atomic mass is 127. The highest BCUT2D eigenvalue weighted by molar-refractivity contribution is 14.0. The number of hydrogen-bond donors (Lipinski definition) is 2. The highest BCUT2D eigenvalue weighted by Crippen LogP contribution is 2.15. The van der Waals surface area contributed by atoms with Crippen molar-refractivity contribution in [3.8, 4) is 5.75 Å². The van der Waals surface area contributed by atoms with Gasteiger partial charge in [-0.3, -0.25) is 4.99 Å². The van der Waals surface area contributed by atoms with Gasteiger partial charge in [0.25, 0.3) is 0 Å². The Morgan fingerprint density at radius 2 is 2.10 bits per heavy atom. The van der Waals surface area contributed by atoms with E-state index in [1.54, 1.807) is 7.11 Å². The van der Waals surface area contributed by atoms with Crippen LogP contribution in [0.15, 0.2) is 29.3 Å². The Labute approximate surface area is 198 Å². The van der Waals surface area contributed by atoms with E-state index in [0.29, 0.717) is 0 Å². The van der Waals surface area contributed by atoms with Gasteiger partial charge >= 0.3 is 6.09 Å². The van der Waals surface area contributed by atoms with Crippen LogP contribution < -0.4 is 15.4 Å². The Morgan fingerprint density at radius 1 is 1.33 bits per heavy atom. The molecule has 170 valence electrons. The van der Waals surface area contributed by atoms with E-state index in [4.69, 9.17) is 14.5 Å². The van der Waals surface area contributed by atoms with E-state index in [0.717, 1.165) is 57.2 Å². The molecule has 1 aliphatic rings. The minimum atomic E-state index is -0.485. The molecule has 0 bridgehead atoms. The molecule has 0 radical (unpaired) electrons. The van der Waals surface area contributed by atoms with Crippen LogP contribution in [0.2, 0.25) is 0 Å². The van der Waals surface area contributed by atoms with Crippen LogP contribution in [0.25, 0.3) is 0 Å². The predicted octanol–water partition coefficient (Wildman–Crippen LogP) is 3.81. The first-order chi connectivity index (χ1) is 13.8. The van der Waals surface area contributed by atoms with Crippen LogP contribution in [-0.2, 0) is 11.2 Å². The van der Waals surface area contributed by atoms with Gasteiger partial charge in [-0.1, -0.05) is 12.1 Å². The summed E-state index contributed by atoms with van der Waals surface area (Å²) in [5.41, 5.74) is 0.772. The summed E-state index contributed by atoms with van der Waals surface area (Å²) in [4.78, 5) is 19.0. The molecule has 1 amide bonds. The number of carbonyl (C=O) groups excluding carboxylic acids is 1. The zero-order valence-corrected chi connectivity index (χ0v) is 21.2. The maximum Gasteiger partial charge on any atom is 0.407 e. The Morgan fingerprint density at radius 3 is 2.77 bits per heavy atom. The van der Waals surface area contributed by atoms with Crippen LogP contribution in [0.3, 0.4) is 0 Å². The number of halogens is 1. The van der Waals surface area contributed by atoms with Crippen molar-refractivity contribution in [1.82, 2.24) is 15.5 Å². The number of ether oxygens (including phenoxy) is 2. The van der Waals surface area contributed by atoms with Crippen molar-refractivity contribution in [3.05, 3.63) is 29.8 Å². The van der Waals surface area contributed by atoms with Gasteiger partial charge in [0.15, 0.2) is 5.96 Å². The van der Waals surface area contributed by atoms with E-state index >= 15 is 0 Å². The van der Waals surface area contributed by atoms with E-state index in [2.05, 4.69) is 34.6 Å². The number of methoxy groups -OCH3 is 1. The van der Waals surface area contributed by atoms with Crippen LogP contribution >= 0.6 is 24.0 Å². The lowest BCUT2D eigenvalue weighted by molar-refractivity contribution is 0.0507. The average molecular weight is 532 g/mol. The number of guanidine groups is 1. The molecule has 1 fully saturated rings. The van der Waals surface area contributed by atoms with Crippen molar-refractivity contribution >= 4 is 36.0 Å². The molecule has 0 saturated carbocycles. The Bertz CT molecular complexity index is 691. The second-order valence-corrected chi connectivity index (χ2v) is 8.27. The molecule has 7 nitrogen and oxygen atoms in total. The summed E-state index contributed by atoms with van der Waals surface area (Å²) in [6, 6.07) is 8.24. The molecule has 0 spiro atoms. The van der Waals surface area contributed by atoms with Crippen LogP contribution in [0.5, 0.6) is 5.75 Å². The molecule has 1 aromatic carbocycles. The standard InChI is InChI=1S/C22H36N4O3.HI/c1-6-23-20(24-13-8-10-17-9-7-11-19(15-17)28-5)26-14-12-18(16-26)25-21(27)29-22(2,3)4;/h7,9,11,15,18H,6,8,10,12-14,16H2,1-5H3,(H,23,24)(H,25,27);1H. The number of hydrogen-bond acceptors (Lipinski definition) is 4. The van der Waals surface area contributed by atoms with Crippen molar-refractivity contribution in [2.24, 2.45) is 4.99 Å². The number of aliphatic imine (C=N–C) groups is 1. The molecule has 0 aromatic heterocycles. The normalized spacial score (nSPS) is 16.6. The summed E-state index contributed by atoms with van der Waals surface area (Å²) >= 11 is 0. The molecular formula is C22H37IN4O3. The van der Waals surface area contributed by atoms with Gasteiger partial charge in [-0.15, -0.1) is 24.0 Å². The topological polar surface area (TPSA) is 75.2 Å². The van der Waals surface area contributed by atoms with E-state index in [9.17, 15) is 4.79 Å². The lowest BCUT2D eigenvalue weighted by Crippen LogP contribution is -2.44. The molecule has 1 aromatic rings. The second-order valence-electron chi connectivity index (χ2n) is 8.27. The molecule has 1 saturated heterocycles. The van der Waals surface area contributed by atoms with E-state index in [-0.39, 0.29) is 36.1 Å². The smallest absolute Gasteiger partial charge is 0.407 e. The Kier molecular flexibility index (Phi) is 11.3. The molecule has 8 heteroatoms. The van der Waals surface area contributed by atoms with E-state index in [1.807, 2.05) is 32.9 Å². The van der Waals surface area contributed by atoms with Gasteiger partial charge in [0.2, 0.25) is 0 Å². The first-order valence-corrected chi connectivity index (χ1v) is 10.5. The van der Waals surface area contributed by atoms with Crippen molar-refractivity contribution in [2.45, 2.75) is 58.6 Å². The SMILES string of the molecule is CCNC(=NCCCc1cccc(OC)c1)N1CCC(NC(=O)OC(C)(C)C)C1.I. The molecule has 1 atom stereocenters. The summed E-state index contributed by atoms with van der Waals surface area (Å²) in [5.74, 6) is 1.80. The van der Waals surface area contributed by atoms with Gasteiger partial charge in [-0.05, 0) is 64.7 Å². The molecule has 1 unspecified atom stereocenters. The third kappa shape index (κ3) is 9.40. The van der Waals surface area contributed by atoms with Gasteiger partial charge in [-0.25, -0.2) is 4.79 Å². The monoisotopic (exact) mass is 532 g/mol. The summed E-state index contributed by atoms with van der Waals surface area (Å²) < 4.78 is 10.6. The quantitative estimate of drug-likeness (QED) is 0.242. The van der Waals surface area contributed by atoms with Gasteiger partial charge in [0.1, 0.15) is 11.4 Å². The Hall–Kier alpha value is -1.71. The van der Waals surface area contributed by atoms with Crippen molar-refractivity contribution < 1.29 is 14.3 Å². The van der Waals surface area contributed by atoms with Crippen LogP contribution in [0, 0.1) is 0 Å². The number of alkyl carbamates (subject to hydrolysis) is 1. The van der Waals surface area contributed by atoms with Crippen LogP contribution in [0.4, 0.5) is 4.79 Å². The molecular weight excluding hydrogens is 495 g/mol. The zero-order chi connectivity index (χ0) is 21.3. The van der Waals surface area contributed by atoms with Crippen molar-refractivity contribution in [1.29, 1.82) is 0 Å². The van der Waals surface area contributed by atoms with Crippen molar-refractivity contribution in [3.63, 3.8) is 0 Å². The maximum absolute atomic E-state index is 12.0. The largest absolute Gasteiger partial charge is 0.497 e. The summed E-state index contributed by atoms with van der Waals surface area (Å²) in [6.07, 6.45) is 2.45. The maximum atomic E-state index is 12.0. The van der Waals surface area contributed by atoms with E-state index in [1.165, 1.54) is 5.56 Å². The number of nitrogens with zero attached hydrogens (tertiary/aromatic N) is 2. The second kappa shape index (κ2) is 12.9. The lowest BCUT2D eigenvalue weighted by atomic mass is 10.1. The minimum absolute atomic E-state index is 0. The minimum Gasteiger partial charge on any atom is -0.497 e. The van der Waals surface area contributed by atoms with Gasteiger partial charge < -0.3 is 25.0 Å². The summed E-state index contributed by atoms with van der Waals surface area (Å²) in [5, 5.41) is 6.33. The zero-order valence-electron chi connectivity index (χ0n) is 18.9. The Balaban J connectivity index is 0.00000450. The highest BCUT2D eigenvalue weighted by Gasteiger charge is 2.27. The summed E-state index contributed by atoms with van der Waals surface area (Å²) in [6.45, 7) is 10.8.